The number of ether oxygens (including phenoxy) is 2. The van der Waals surface area contributed by atoms with E-state index in [0.717, 1.165) is 33.6 Å². The molecule has 4 aromatic rings. The molecule has 0 saturated heterocycles. The van der Waals surface area contributed by atoms with Gasteiger partial charge in [0.05, 0.1) is 16.9 Å². The van der Waals surface area contributed by atoms with Crippen molar-refractivity contribution in [1.82, 2.24) is 0 Å². The Balaban J connectivity index is 1.61. The monoisotopic (exact) mass is 486 g/mol. The van der Waals surface area contributed by atoms with Gasteiger partial charge in [0.2, 0.25) is 9.84 Å². The molecule has 0 aromatic heterocycles. The number of hydrogen-bond donors (Lipinski definition) is 0. The van der Waals surface area contributed by atoms with E-state index in [1.54, 1.807) is 55.6 Å². The Kier molecular flexibility index (Phi) is 6.73. The second kappa shape index (κ2) is 9.59. The molecule has 0 N–H and O–H groups in total. The fourth-order valence-corrected chi connectivity index (χ4v) is 5.75. The van der Waals surface area contributed by atoms with Gasteiger partial charge in [-0.1, -0.05) is 17.7 Å². The first kappa shape index (κ1) is 24.6. The molecular formula is C30H30O4S. The summed E-state index contributed by atoms with van der Waals surface area (Å²) in [5.41, 5.74) is 7.94. The summed E-state index contributed by atoms with van der Waals surface area (Å²) < 4.78 is 37.4. The summed E-state index contributed by atoms with van der Waals surface area (Å²) in [6, 6.07) is 21.6. The van der Waals surface area contributed by atoms with Crippen LogP contribution >= 0.6 is 0 Å². The van der Waals surface area contributed by atoms with Crippen LogP contribution in [0, 0.1) is 34.6 Å². The molecule has 4 rings (SSSR count). The van der Waals surface area contributed by atoms with Gasteiger partial charge < -0.3 is 9.47 Å². The Bertz CT molecular complexity index is 1440. The van der Waals surface area contributed by atoms with E-state index in [1.807, 2.05) is 19.1 Å². The van der Waals surface area contributed by atoms with Crippen molar-refractivity contribution in [3.8, 4) is 28.4 Å². The van der Waals surface area contributed by atoms with Gasteiger partial charge in [-0.25, -0.2) is 8.42 Å². The van der Waals surface area contributed by atoms with Crippen LogP contribution in [-0.4, -0.2) is 15.5 Å². The fraction of sp³-hybridized carbons (Fsp3) is 0.200. The lowest BCUT2D eigenvalue weighted by molar-refractivity contribution is 0.414. The Morgan fingerprint density at radius 3 is 1.37 bits per heavy atom. The fourth-order valence-electron chi connectivity index (χ4n) is 4.49. The summed E-state index contributed by atoms with van der Waals surface area (Å²) in [4.78, 5) is 0.518. The van der Waals surface area contributed by atoms with E-state index in [0.29, 0.717) is 11.5 Å². The summed E-state index contributed by atoms with van der Waals surface area (Å²) in [6.07, 6.45) is 0. The standard InChI is InChI=1S/C30H30O4S/c1-19-7-11-27(12-8-19)35(31,32)28-13-9-24(10-14-28)34-26-17-22(4)30(23(5)18-26)29-20(2)15-25(33-6)16-21(29)3/h7-18H,1-6H3. The third-order valence-corrected chi connectivity index (χ3v) is 7.98. The van der Waals surface area contributed by atoms with Gasteiger partial charge in [-0.3, -0.25) is 0 Å². The minimum absolute atomic E-state index is 0.238. The highest BCUT2D eigenvalue weighted by Crippen LogP contribution is 2.38. The van der Waals surface area contributed by atoms with Crippen molar-refractivity contribution in [1.29, 1.82) is 0 Å². The summed E-state index contributed by atoms with van der Waals surface area (Å²) >= 11 is 0. The van der Waals surface area contributed by atoms with Crippen LogP contribution in [0.1, 0.15) is 27.8 Å². The zero-order chi connectivity index (χ0) is 25.3. The molecule has 0 aliphatic heterocycles. The third-order valence-electron chi connectivity index (χ3n) is 6.20. The van der Waals surface area contributed by atoms with Gasteiger partial charge in [0.15, 0.2) is 0 Å². The van der Waals surface area contributed by atoms with Crippen LogP contribution in [0.25, 0.3) is 11.1 Å². The summed E-state index contributed by atoms with van der Waals surface area (Å²) in [6.45, 7) is 10.3. The van der Waals surface area contributed by atoms with Crippen molar-refractivity contribution in [3.05, 3.63) is 101 Å². The largest absolute Gasteiger partial charge is 0.497 e. The number of methoxy groups -OCH3 is 1. The number of sulfone groups is 1. The Labute approximate surface area is 208 Å². The molecule has 0 spiro atoms. The van der Waals surface area contributed by atoms with E-state index in [4.69, 9.17) is 9.47 Å². The highest BCUT2D eigenvalue weighted by molar-refractivity contribution is 7.91. The van der Waals surface area contributed by atoms with Crippen molar-refractivity contribution in [2.45, 2.75) is 44.4 Å². The van der Waals surface area contributed by atoms with Crippen molar-refractivity contribution in [3.63, 3.8) is 0 Å². The highest BCUT2D eigenvalue weighted by atomic mass is 32.2. The lowest BCUT2D eigenvalue weighted by atomic mass is 9.89. The SMILES string of the molecule is COc1cc(C)c(-c2c(C)cc(Oc3ccc(S(=O)(=O)c4ccc(C)cc4)cc3)cc2C)c(C)c1. The lowest BCUT2D eigenvalue weighted by Crippen LogP contribution is -2.02. The molecule has 4 nitrogen and oxygen atoms in total. The highest BCUT2D eigenvalue weighted by Gasteiger charge is 2.18. The predicted molar refractivity (Wildman–Crippen MR) is 141 cm³/mol. The second-order valence-corrected chi connectivity index (χ2v) is 10.9. The molecule has 0 saturated carbocycles. The molecule has 4 aromatic carbocycles. The smallest absolute Gasteiger partial charge is 0.206 e. The zero-order valence-corrected chi connectivity index (χ0v) is 21.8. The van der Waals surface area contributed by atoms with Gasteiger partial charge in [-0.15, -0.1) is 0 Å². The minimum atomic E-state index is -3.57. The van der Waals surface area contributed by atoms with E-state index in [-0.39, 0.29) is 9.79 Å². The van der Waals surface area contributed by atoms with E-state index < -0.39 is 9.84 Å². The first-order valence-electron chi connectivity index (χ1n) is 11.5. The molecule has 0 unspecified atom stereocenters. The molecule has 35 heavy (non-hydrogen) atoms. The second-order valence-electron chi connectivity index (χ2n) is 8.96. The molecular weight excluding hydrogens is 456 g/mol. The molecule has 0 bridgehead atoms. The number of benzene rings is 4. The Hall–Kier alpha value is -3.57. The van der Waals surface area contributed by atoms with Gasteiger partial charge in [-0.2, -0.15) is 0 Å². The van der Waals surface area contributed by atoms with Crippen LogP contribution in [0.15, 0.2) is 82.6 Å². The molecule has 5 heteroatoms. The number of hydrogen-bond acceptors (Lipinski definition) is 4. The Morgan fingerprint density at radius 2 is 0.943 bits per heavy atom. The average Bonchev–Trinajstić information content (AvgIpc) is 2.81. The predicted octanol–water partition coefficient (Wildman–Crippen LogP) is 7.53. The lowest BCUT2D eigenvalue weighted by Gasteiger charge is -2.18. The molecule has 0 amide bonds. The maximum Gasteiger partial charge on any atom is 0.206 e. The van der Waals surface area contributed by atoms with E-state index in [2.05, 4.69) is 39.8 Å². The molecule has 0 aliphatic carbocycles. The summed E-state index contributed by atoms with van der Waals surface area (Å²) in [5, 5.41) is 0. The normalized spacial score (nSPS) is 11.4. The Morgan fingerprint density at radius 1 is 0.543 bits per heavy atom. The molecule has 0 radical (unpaired) electrons. The maximum atomic E-state index is 12.9. The van der Waals surface area contributed by atoms with Gasteiger partial charge in [0.1, 0.15) is 17.2 Å². The van der Waals surface area contributed by atoms with E-state index >= 15 is 0 Å². The third kappa shape index (κ3) is 4.96. The van der Waals surface area contributed by atoms with Crippen molar-refractivity contribution < 1.29 is 17.9 Å². The topological polar surface area (TPSA) is 52.6 Å². The van der Waals surface area contributed by atoms with Gasteiger partial charge >= 0.3 is 0 Å². The van der Waals surface area contributed by atoms with Gasteiger partial charge in [-0.05, 0) is 129 Å². The zero-order valence-electron chi connectivity index (χ0n) is 21.0. The number of aryl methyl sites for hydroxylation is 5. The van der Waals surface area contributed by atoms with Crippen molar-refractivity contribution >= 4 is 9.84 Å². The summed E-state index contributed by atoms with van der Waals surface area (Å²) in [7, 11) is -1.89. The molecule has 0 heterocycles. The average molecular weight is 487 g/mol. The van der Waals surface area contributed by atoms with Gasteiger partial charge in [0, 0.05) is 0 Å². The molecule has 0 atom stereocenters. The summed E-state index contributed by atoms with van der Waals surface area (Å²) in [5.74, 6) is 2.14. The molecule has 0 fully saturated rings. The first-order valence-corrected chi connectivity index (χ1v) is 12.9. The van der Waals surface area contributed by atoms with Gasteiger partial charge in [0.25, 0.3) is 0 Å². The molecule has 0 aliphatic rings. The van der Waals surface area contributed by atoms with Crippen molar-refractivity contribution in [2.75, 3.05) is 7.11 Å². The first-order chi connectivity index (χ1) is 16.6. The van der Waals surface area contributed by atoms with E-state index in [9.17, 15) is 8.42 Å². The van der Waals surface area contributed by atoms with Crippen LogP contribution in [0.2, 0.25) is 0 Å². The molecule has 180 valence electrons. The van der Waals surface area contributed by atoms with Crippen LogP contribution in [-0.2, 0) is 9.84 Å². The van der Waals surface area contributed by atoms with Crippen LogP contribution in [0.4, 0.5) is 0 Å². The van der Waals surface area contributed by atoms with Crippen LogP contribution in [0.3, 0.4) is 0 Å². The van der Waals surface area contributed by atoms with Crippen LogP contribution in [0.5, 0.6) is 17.2 Å². The van der Waals surface area contributed by atoms with Crippen molar-refractivity contribution in [2.24, 2.45) is 0 Å². The quantitative estimate of drug-likeness (QED) is 0.283. The van der Waals surface area contributed by atoms with Crippen LogP contribution < -0.4 is 9.47 Å². The minimum Gasteiger partial charge on any atom is -0.497 e. The number of rotatable bonds is 6. The van der Waals surface area contributed by atoms with E-state index in [1.165, 1.54) is 11.1 Å². The maximum absolute atomic E-state index is 12.9.